The minimum Gasteiger partial charge on any atom is -0.327 e. The van der Waals surface area contributed by atoms with Gasteiger partial charge in [0.25, 0.3) is 0 Å². The van der Waals surface area contributed by atoms with Crippen LogP contribution in [0.15, 0.2) is 0 Å². The lowest BCUT2D eigenvalue weighted by Gasteiger charge is -2.39. The smallest absolute Gasteiger partial charge is 0.00929 e. The average Bonchev–Trinajstić information content (AvgIpc) is 2.18. The molecule has 1 aliphatic carbocycles. The molecule has 0 aromatic carbocycles. The second kappa shape index (κ2) is 5.89. The Kier molecular flexibility index (Phi) is 5.11. The van der Waals surface area contributed by atoms with Gasteiger partial charge in [0.05, 0.1) is 0 Å². The summed E-state index contributed by atoms with van der Waals surface area (Å²) in [6, 6.07) is 0.441. The van der Waals surface area contributed by atoms with E-state index in [2.05, 4.69) is 20.8 Å². The number of nitrogens with two attached hydrogens (primary N) is 1. The van der Waals surface area contributed by atoms with Crippen molar-refractivity contribution in [1.82, 2.24) is 0 Å². The van der Waals surface area contributed by atoms with Crippen LogP contribution in [0.5, 0.6) is 0 Å². The van der Waals surface area contributed by atoms with Crippen LogP contribution in [0.1, 0.15) is 72.1 Å². The lowest BCUT2D eigenvalue weighted by molar-refractivity contribution is 0.160. The van der Waals surface area contributed by atoms with Crippen LogP contribution >= 0.6 is 0 Å². The van der Waals surface area contributed by atoms with Crippen molar-refractivity contribution in [2.24, 2.45) is 17.1 Å². The minimum atomic E-state index is 0.441. The van der Waals surface area contributed by atoms with E-state index in [9.17, 15) is 0 Å². The lowest BCUT2D eigenvalue weighted by Crippen LogP contribution is -2.40. The molecule has 15 heavy (non-hydrogen) atoms. The molecule has 1 unspecified atom stereocenters. The summed E-state index contributed by atoms with van der Waals surface area (Å²) in [6.45, 7) is 7.01. The predicted octanol–water partition coefficient (Wildman–Crippen LogP) is 4.11. The summed E-state index contributed by atoms with van der Waals surface area (Å²) in [7, 11) is 0. The van der Waals surface area contributed by atoms with Crippen LogP contribution in [0, 0.1) is 11.3 Å². The molecule has 1 nitrogen and oxygen atoms in total. The molecule has 0 aromatic heterocycles. The van der Waals surface area contributed by atoms with E-state index in [1.54, 1.807) is 0 Å². The van der Waals surface area contributed by atoms with Crippen molar-refractivity contribution < 1.29 is 0 Å². The Bertz CT molecular complexity index is 168. The summed E-state index contributed by atoms with van der Waals surface area (Å²) in [4.78, 5) is 0. The van der Waals surface area contributed by atoms with Gasteiger partial charge >= 0.3 is 0 Å². The molecule has 1 atom stereocenters. The van der Waals surface area contributed by atoms with E-state index in [-0.39, 0.29) is 0 Å². The third-order valence-corrected chi connectivity index (χ3v) is 4.19. The van der Waals surface area contributed by atoms with E-state index >= 15 is 0 Å². The zero-order valence-electron chi connectivity index (χ0n) is 10.9. The number of hydrogen-bond donors (Lipinski definition) is 1. The molecular formula is C14H29N. The first-order valence-electron chi connectivity index (χ1n) is 6.80. The van der Waals surface area contributed by atoms with Crippen molar-refractivity contribution in [1.29, 1.82) is 0 Å². The van der Waals surface area contributed by atoms with Crippen LogP contribution < -0.4 is 5.73 Å². The van der Waals surface area contributed by atoms with E-state index in [1.165, 1.54) is 51.4 Å². The lowest BCUT2D eigenvalue weighted by atomic mass is 9.69. The third kappa shape index (κ3) is 4.14. The number of hydrogen-bond acceptors (Lipinski definition) is 1. The zero-order valence-corrected chi connectivity index (χ0v) is 10.9. The normalized spacial score (nSPS) is 23.0. The second-order valence-electron chi connectivity index (χ2n) is 6.15. The fourth-order valence-electron chi connectivity index (χ4n) is 2.82. The molecule has 0 aliphatic heterocycles. The Morgan fingerprint density at radius 1 is 1.07 bits per heavy atom. The molecule has 90 valence electrons. The third-order valence-electron chi connectivity index (χ3n) is 4.19. The Morgan fingerprint density at radius 2 is 1.67 bits per heavy atom. The molecule has 0 saturated heterocycles. The average molecular weight is 211 g/mol. The van der Waals surface area contributed by atoms with Crippen molar-refractivity contribution in [2.45, 2.75) is 78.2 Å². The van der Waals surface area contributed by atoms with Gasteiger partial charge in [-0.1, -0.05) is 52.9 Å². The molecular weight excluding hydrogens is 182 g/mol. The van der Waals surface area contributed by atoms with Gasteiger partial charge in [-0.3, -0.25) is 0 Å². The molecule has 0 radical (unpaired) electrons. The minimum absolute atomic E-state index is 0.441. The zero-order chi connectivity index (χ0) is 11.3. The summed E-state index contributed by atoms with van der Waals surface area (Å²) >= 11 is 0. The van der Waals surface area contributed by atoms with Gasteiger partial charge in [0, 0.05) is 6.04 Å². The van der Waals surface area contributed by atoms with Gasteiger partial charge in [0.15, 0.2) is 0 Å². The first kappa shape index (κ1) is 13.0. The molecule has 1 aliphatic rings. The second-order valence-corrected chi connectivity index (χ2v) is 6.15. The van der Waals surface area contributed by atoms with Crippen LogP contribution in [-0.2, 0) is 0 Å². The SMILES string of the molecule is CC(C)CCCC(N)C1(C)CCCCC1. The Hall–Kier alpha value is -0.0400. The van der Waals surface area contributed by atoms with Crippen molar-refractivity contribution in [2.75, 3.05) is 0 Å². The van der Waals surface area contributed by atoms with E-state index < -0.39 is 0 Å². The Morgan fingerprint density at radius 3 is 2.20 bits per heavy atom. The van der Waals surface area contributed by atoms with Gasteiger partial charge in [0.1, 0.15) is 0 Å². The van der Waals surface area contributed by atoms with Crippen LogP contribution in [0.4, 0.5) is 0 Å². The van der Waals surface area contributed by atoms with E-state index in [0.717, 1.165) is 5.92 Å². The van der Waals surface area contributed by atoms with Gasteiger partial charge in [-0.25, -0.2) is 0 Å². The highest BCUT2D eigenvalue weighted by Crippen LogP contribution is 2.39. The van der Waals surface area contributed by atoms with E-state index in [1.807, 2.05) is 0 Å². The summed E-state index contributed by atoms with van der Waals surface area (Å²) in [5.74, 6) is 0.830. The summed E-state index contributed by atoms with van der Waals surface area (Å²) < 4.78 is 0. The molecule has 1 rings (SSSR count). The molecule has 0 amide bonds. The molecule has 2 N–H and O–H groups in total. The fraction of sp³-hybridized carbons (Fsp3) is 1.00. The van der Waals surface area contributed by atoms with Crippen molar-refractivity contribution in [3.05, 3.63) is 0 Å². The molecule has 0 spiro atoms. The van der Waals surface area contributed by atoms with E-state index in [0.29, 0.717) is 11.5 Å². The maximum atomic E-state index is 6.37. The summed E-state index contributed by atoms with van der Waals surface area (Å²) in [5, 5.41) is 0. The highest BCUT2D eigenvalue weighted by molar-refractivity contribution is 4.87. The van der Waals surface area contributed by atoms with Gasteiger partial charge < -0.3 is 5.73 Å². The maximum absolute atomic E-state index is 6.37. The Labute approximate surface area is 95.8 Å². The van der Waals surface area contributed by atoms with Crippen molar-refractivity contribution >= 4 is 0 Å². The topological polar surface area (TPSA) is 26.0 Å². The van der Waals surface area contributed by atoms with Crippen molar-refractivity contribution in [3.8, 4) is 0 Å². The summed E-state index contributed by atoms with van der Waals surface area (Å²) in [6.07, 6.45) is 10.8. The van der Waals surface area contributed by atoms with Crippen LogP contribution in [0.3, 0.4) is 0 Å². The van der Waals surface area contributed by atoms with Crippen LogP contribution in [0.25, 0.3) is 0 Å². The molecule has 1 fully saturated rings. The molecule has 0 bridgehead atoms. The quantitative estimate of drug-likeness (QED) is 0.727. The largest absolute Gasteiger partial charge is 0.327 e. The van der Waals surface area contributed by atoms with Gasteiger partial charge in [-0.05, 0) is 30.6 Å². The van der Waals surface area contributed by atoms with Gasteiger partial charge in [-0.15, -0.1) is 0 Å². The molecule has 1 heteroatoms. The van der Waals surface area contributed by atoms with Gasteiger partial charge in [0.2, 0.25) is 0 Å². The maximum Gasteiger partial charge on any atom is 0.00929 e. The molecule has 1 saturated carbocycles. The summed E-state index contributed by atoms with van der Waals surface area (Å²) in [5.41, 5.74) is 6.82. The van der Waals surface area contributed by atoms with Gasteiger partial charge in [-0.2, -0.15) is 0 Å². The van der Waals surface area contributed by atoms with E-state index in [4.69, 9.17) is 5.73 Å². The highest BCUT2D eigenvalue weighted by Gasteiger charge is 2.32. The fourth-order valence-corrected chi connectivity index (χ4v) is 2.82. The van der Waals surface area contributed by atoms with Crippen molar-refractivity contribution in [3.63, 3.8) is 0 Å². The first-order valence-corrected chi connectivity index (χ1v) is 6.80. The van der Waals surface area contributed by atoms with Crippen LogP contribution in [-0.4, -0.2) is 6.04 Å². The Balaban J connectivity index is 2.28. The monoisotopic (exact) mass is 211 g/mol. The standard InChI is InChI=1S/C14H29N/c1-12(2)8-7-9-13(15)14(3)10-5-4-6-11-14/h12-13H,4-11,15H2,1-3H3. The predicted molar refractivity (Wildman–Crippen MR) is 67.9 cm³/mol. The van der Waals surface area contributed by atoms with Crippen LogP contribution in [0.2, 0.25) is 0 Å². The number of rotatable bonds is 5. The molecule has 0 heterocycles. The molecule has 0 aromatic rings. The highest BCUT2D eigenvalue weighted by atomic mass is 14.7. The first-order chi connectivity index (χ1) is 7.04.